The van der Waals surface area contributed by atoms with Crippen LogP contribution in [0.4, 0.5) is 4.39 Å². The van der Waals surface area contributed by atoms with Gasteiger partial charge in [0.2, 0.25) is 0 Å². The van der Waals surface area contributed by atoms with E-state index >= 15 is 0 Å². The van der Waals surface area contributed by atoms with E-state index < -0.39 is 5.82 Å². The van der Waals surface area contributed by atoms with Gasteiger partial charge >= 0.3 is 0 Å². The van der Waals surface area contributed by atoms with Crippen LogP contribution in [0.3, 0.4) is 0 Å². The van der Waals surface area contributed by atoms with Crippen molar-refractivity contribution in [1.82, 2.24) is 24.6 Å². The monoisotopic (exact) mass is 357 g/mol. The second-order valence-electron chi connectivity index (χ2n) is 5.66. The normalized spacial score (nSPS) is 13.6. The zero-order valence-corrected chi connectivity index (χ0v) is 13.8. The maximum Gasteiger partial charge on any atom is 0.257 e. The minimum atomic E-state index is -0.626. The molecule has 6 nitrogen and oxygen atoms in total. The van der Waals surface area contributed by atoms with Crippen LogP contribution in [-0.2, 0) is 13.1 Å². The first-order chi connectivity index (χ1) is 12.1. The largest absolute Gasteiger partial charge is 0.329 e. The number of hydrogen-bond donors (Lipinski definition) is 0. The van der Waals surface area contributed by atoms with E-state index in [2.05, 4.69) is 15.2 Å². The van der Waals surface area contributed by atoms with E-state index in [0.29, 0.717) is 24.7 Å². The van der Waals surface area contributed by atoms with Crippen molar-refractivity contribution in [3.8, 4) is 11.5 Å². The Labute approximate surface area is 147 Å². The number of carbonyl (C=O) groups excluding carboxylic acids is 1. The number of amides is 1. The third-order valence-electron chi connectivity index (χ3n) is 4.10. The molecule has 126 valence electrons. The number of carbonyl (C=O) groups is 1. The summed E-state index contributed by atoms with van der Waals surface area (Å²) >= 11 is 5.74. The maximum absolute atomic E-state index is 14.0. The van der Waals surface area contributed by atoms with Crippen molar-refractivity contribution in [3.05, 3.63) is 64.8 Å². The number of aromatic nitrogens is 4. The molecule has 0 fully saturated rings. The van der Waals surface area contributed by atoms with Crippen molar-refractivity contribution in [2.75, 3.05) is 6.54 Å². The van der Waals surface area contributed by atoms with Gasteiger partial charge in [0.25, 0.3) is 5.91 Å². The number of halogens is 2. The van der Waals surface area contributed by atoms with E-state index in [0.717, 1.165) is 11.8 Å². The van der Waals surface area contributed by atoms with Crippen LogP contribution in [0, 0.1) is 5.82 Å². The summed E-state index contributed by atoms with van der Waals surface area (Å²) < 4.78 is 15.9. The molecule has 8 heteroatoms. The van der Waals surface area contributed by atoms with Gasteiger partial charge in [-0.3, -0.25) is 9.78 Å². The van der Waals surface area contributed by atoms with Gasteiger partial charge in [-0.2, -0.15) is 0 Å². The lowest BCUT2D eigenvalue weighted by molar-refractivity contribution is 0.0703. The molecule has 1 aromatic carbocycles. The molecule has 0 saturated heterocycles. The first-order valence-corrected chi connectivity index (χ1v) is 8.09. The first kappa shape index (κ1) is 15.7. The van der Waals surface area contributed by atoms with Crippen molar-refractivity contribution in [3.63, 3.8) is 0 Å². The van der Waals surface area contributed by atoms with Crippen LogP contribution in [-0.4, -0.2) is 37.1 Å². The van der Waals surface area contributed by atoms with Gasteiger partial charge in [0, 0.05) is 24.3 Å². The molecule has 0 N–H and O–H groups in total. The van der Waals surface area contributed by atoms with Crippen molar-refractivity contribution in [1.29, 1.82) is 0 Å². The predicted molar refractivity (Wildman–Crippen MR) is 89.4 cm³/mol. The molecule has 2 aromatic heterocycles. The van der Waals surface area contributed by atoms with E-state index in [1.54, 1.807) is 11.1 Å². The van der Waals surface area contributed by atoms with E-state index in [-0.39, 0.29) is 23.0 Å². The SMILES string of the molecule is O=C(c1ccc(Cl)cc1F)N1CCn2c(nnc2-c2ccccn2)C1. The molecule has 3 aromatic rings. The van der Waals surface area contributed by atoms with Gasteiger partial charge in [0.15, 0.2) is 11.6 Å². The van der Waals surface area contributed by atoms with E-state index in [1.165, 1.54) is 12.1 Å². The fourth-order valence-corrected chi connectivity index (χ4v) is 3.01. The summed E-state index contributed by atoms with van der Waals surface area (Å²) in [4.78, 5) is 18.4. The topological polar surface area (TPSA) is 63.9 Å². The first-order valence-electron chi connectivity index (χ1n) is 7.71. The molecule has 0 unspecified atom stereocenters. The highest BCUT2D eigenvalue weighted by Crippen LogP contribution is 2.22. The zero-order chi connectivity index (χ0) is 17.4. The molecule has 3 heterocycles. The third kappa shape index (κ3) is 2.87. The Bertz CT molecular complexity index is 943. The van der Waals surface area contributed by atoms with Crippen molar-refractivity contribution >= 4 is 17.5 Å². The quantitative estimate of drug-likeness (QED) is 0.707. The van der Waals surface area contributed by atoms with Gasteiger partial charge in [0.1, 0.15) is 11.5 Å². The summed E-state index contributed by atoms with van der Waals surface area (Å²) in [5.74, 6) is 0.302. The Morgan fingerprint density at radius 1 is 1.16 bits per heavy atom. The van der Waals surface area contributed by atoms with Crippen LogP contribution in [0.25, 0.3) is 11.5 Å². The summed E-state index contributed by atoms with van der Waals surface area (Å²) in [5, 5.41) is 8.60. The van der Waals surface area contributed by atoms with Crippen LogP contribution in [0.2, 0.25) is 5.02 Å². The average molecular weight is 358 g/mol. The van der Waals surface area contributed by atoms with Crippen LogP contribution in [0.1, 0.15) is 16.2 Å². The van der Waals surface area contributed by atoms with Gasteiger partial charge in [0.05, 0.1) is 12.1 Å². The summed E-state index contributed by atoms with van der Waals surface area (Å²) in [5.41, 5.74) is 0.729. The van der Waals surface area contributed by atoms with Crippen molar-refractivity contribution in [2.24, 2.45) is 0 Å². The van der Waals surface area contributed by atoms with Gasteiger partial charge in [-0.25, -0.2) is 4.39 Å². The van der Waals surface area contributed by atoms with E-state index in [1.807, 2.05) is 22.8 Å². The molecular formula is C17H13ClFN5O. The lowest BCUT2D eigenvalue weighted by atomic mass is 10.1. The van der Waals surface area contributed by atoms with Crippen molar-refractivity contribution < 1.29 is 9.18 Å². The summed E-state index contributed by atoms with van der Waals surface area (Å²) in [7, 11) is 0. The molecule has 1 aliphatic rings. The number of fused-ring (bicyclic) bond motifs is 1. The lowest BCUT2D eigenvalue weighted by Crippen LogP contribution is -2.39. The predicted octanol–water partition coefficient (Wildman–Crippen LogP) is 2.79. The summed E-state index contributed by atoms with van der Waals surface area (Å²) in [6.45, 7) is 1.22. The van der Waals surface area contributed by atoms with Gasteiger partial charge in [-0.15, -0.1) is 10.2 Å². The fraction of sp³-hybridized carbons (Fsp3) is 0.176. The Balaban J connectivity index is 1.60. The number of benzene rings is 1. The Hall–Kier alpha value is -2.80. The fourth-order valence-electron chi connectivity index (χ4n) is 2.85. The lowest BCUT2D eigenvalue weighted by Gasteiger charge is -2.28. The Morgan fingerprint density at radius 2 is 2.04 bits per heavy atom. The summed E-state index contributed by atoms with van der Waals surface area (Å²) in [6, 6.07) is 9.62. The number of hydrogen-bond acceptors (Lipinski definition) is 4. The van der Waals surface area contributed by atoms with E-state index in [4.69, 9.17) is 11.6 Å². The third-order valence-corrected chi connectivity index (χ3v) is 4.33. The van der Waals surface area contributed by atoms with Crippen LogP contribution in [0.5, 0.6) is 0 Å². The smallest absolute Gasteiger partial charge is 0.257 e. The van der Waals surface area contributed by atoms with E-state index in [9.17, 15) is 9.18 Å². The second-order valence-corrected chi connectivity index (χ2v) is 6.09. The van der Waals surface area contributed by atoms with Crippen molar-refractivity contribution in [2.45, 2.75) is 13.1 Å². The highest BCUT2D eigenvalue weighted by molar-refractivity contribution is 6.30. The Morgan fingerprint density at radius 3 is 2.80 bits per heavy atom. The second kappa shape index (κ2) is 6.25. The standard InChI is InChI=1S/C17H13ClFN5O/c18-11-4-5-12(13(19)9-11)17(25)23-7-8-24-15(10-23)21-22-16(24)14-3-1-2-6-20-14/h1-6,9H,7-8,10H2. The average Bonchev–Trinajstić information content (AvgIpc) is 3.05. The minimum Gasteiger partial charge on any atom is -0.329 e. The van der Waals surface area contributed by atoms with Gasteiger partial charge in [-0.1, -0.05) is 17.7 Å². The van der Waals surface area contributed by atoms with Gasteiger partial charge < -0.3 is 9.47 Å². The molecule has 0 spiro atoms. The Kier molecular flexibility index (Phi) is 3.93. The molecule has 25 heavy (non-hydrogen) atoms. The minimum absolute atomic E-state index is 0.00214. The molecule has 4 rings (SSSR count). The van der Waals surface area contributed by atoms with Crippen LogP contribution in [0.15, 0.2) is 42.6 Å². The highest BCUT2D eigenvalue weighted by Gasteiger charge is 2.27. The molecular weight excluding hydrogens is 345 g/mol. The van der Waals surface area contributed by atoms with Crippen LogP contribution < -0.4 is 0 Å². The maximum atomic E-state index is 14.0. The molecule has 1 aliphatic heterocycles. The van der Waals surface area contributed by atoms with Crippen LogP contribution >= 0.6 is 11.6 Å². The zero-order valence-electron chi connectivity index (χ0n) is 13.1. The number of pyridine rings is 1. The van der Waals surface area contributed by atoms with Gasteiger partial charge in [-0.05, 0) is 30.3 Å². The highest BCUT2D eigenvalue weighted by atomic mass is 35.5. The summed E-state index contributed by atoms with van der Waals surface area (Å²) in [6.07, 6.45) is 1.69. The number of nitrogens with zero attached hydrogens (tertiary/aromatic N) is 5. The molecule has 0 aliphatic carbocycles. The molecule has 0 saturated carbocycles. The number of rotatable bonds is 2. The molecule has 0 bridgehead atoms. The molecule has 0 radical (unpaired) electrons. The molecule has 1 amide bonds. The molecule has 0 atom stereocenters.